The van der Waals surface area contributed by atoms with Crippen molar-refractivity contribution in [1.29, 1.82) is 0 Å². The molecule has 0 spiro atoms. The molecule has 3 aromatic carbocycles. The third kappa shape index (κ3) is 5.12. The summed E-state index contributed by atoms with van der Waals surface area (Å²) in [6, 6.07) is 20.0. The molecule has 6 heteroatoms. The van der Waals surface area contributed by atoms with Gasteiger partial charge < -0.3 is 19.5 Å². The number of phenolic OH excluding ortho intramolecular Hbond substituents is 1. The van der Waals surface area contributed by atoms with Crippen LogP contribution in [0.3, 0.4) is 0 Å². The van der Waals surface area contributed by atoms with Crippen molar-refractivity contribution >= 4 is 22.6 Å². The van der Waals surface area contributed by atoms with E-state index < -0.39 is 12.6 Å². The largest absolute Gasteiger partial charge is 0.506 e. The summed E-state index contributed by atoms with van der Waals surface area (Å²) in [5.74, 6) is -1.23. The van der Waals surface area contributed by atoms with E-state index >= 15 is 0 Å². The number of rotatable bonds is 8. The van der Waals surface area contributed by atoms with E-state index in [2.05, 4.69) is 0 Å². The molecule has 0 saturated heterocycles. The summed E-state index contributed by atoms with van der Waals surface area (Å²) >= 11 is 0. The highest BCUT2D eigenvalue weighted by molar-refractivity contribution is 6.01. The van der Waals surface area contributed by atoms with Crippen molar-refractivity contribution in [2.75, 3.05) is 26.9 Å². The van der Waals surface area contributed by atoms with Gasteiger partial charge >= 0.3 is 5.97 Å². The first kappa shape index (κ1) is 20.4. The van der Waals surface area contributed by atoms with Crippen LogP contribution < -0.4 is 0 Å². The predicted octanol–water partition coefficient (Wildman–Crippen LogP) is 3.38. The van der Waals surface area contributed by atoms with E-state index in [4.69, 9.17) is 9.47 Å². The molecular weight excluding hydrogens is 370 g/mol. The van der Waals surface area contributed by atoms with Gasteiger partial charge in [0.15, 0.2) is 6.61 Å². The molecule has 150 valence electrons. The van der Waals surface area contributed by atoms with Gasteiger partial charge in [-0.25, -0.2) is 4.79 Å². The fourth-order valence-electron chi connectivity index (χ4n) is 3.01. The average molecular weight is 393 g/mol. The Labute approximate surface area is 169 Å². The smallest absolute Gasteiger partial charge is 0.342 e. The van der Waals surface area contributed by atoms with Crippen molar-refractivity contribution in [3.63, 3.8) is 0 Å². The maximum Gasteiger partial charge on any atom is 0.342 e. The van der Waals surface area contributed by atoms with E-state index in [1.54, 1.807) is 30.2 Å². The topological polar surface area (TPSA) is 76.1 Å². The summed E-state index contributed by atoms with van der Waals surface area (Å²) in [6.45, 7) is 0.727. The van der Waals surface area contributed by atoms with Gasteiger partial charge in [0, 0.05) is 25.6 Å². The highest BCUT2D eigenvalue weighted by atomic mass is 16.5. The zero-order valence-electron chi connectivity index (χ0n) is 16.2. The summed E-state index contributed by atoms with van der Waals surface area (Å²) in [5, 5.41) is 11.8. The van der Waals surface area contributed by atoms with Gasteiger partial charge in [-0.1, -0.05) is 60.7 Å². The van der Waals surface area contributed by atoms with E-state index in [1.165, 1.54) is 6.07 Å². The molecule has 29 heavy (non-hydrogen) atoms. The first-order chi connectivity index (χ1) is 14.1. The molecule has 0 aliphatic rings. The van der Waals surface area contributed by atoms with E-state index in [0.717, 1.165) is 10.9 Å². The number of phenols is 1. The molecule has 1 amide bonds. The Morgan fingerprint density at radius 3 is 2.45 bits per heavy atom. The van der Waals surface area contributed by atoms with Gasteiger partial charge in [0.1, 0.15) is 11.3 Å². The van der Waals surface area contributed by atoms with Gasteiger partial charge in [-0.3, -0.25) is 4.79 Å². The maximum atomic E-state index is 12.6. The van der Waals surface area contributed by atoms with Crippen LogP contribution >= 0.6 is 0 Å². The first-order valence-corrected chi connectivity index (χ1v) is 9.28. The summed E-state index contributed by atoms with van der Waals surface area (Å²) in [7, 11) is 1.56. The van der Waals surface area contributed by atoms with Gasteiger partial charge in [-0.2, -0.15) is 0 Å². The molecular formula is C23H23NO5. The lowest BCUT2D eigenvalue weighted by Gasteiger charge is -2.22. The maximum absolute atomic E-state index is 12.6. The van der Waals surface area contributed by atoms with Crippen LogP contribution in [0, 0.1) is 0 Å². The van der Waals surface area contributed by atoms with Gasteiger partial charge in [-0.15, -0.1) is 0 Å². The number of hydrogen-bond acceptors (Lipinski definition) is 5. The Balaban J connectivity index is 1.67. The normalized spacial score (nSPS) is 10.7. The fourth-order valence-corrected chi connectivity index (χ4v) is 3.01. The average Bonchev–Trinajstić information content (AvgIpc) is 2.76. The van der Waals surface area contributed by atoms with Gasteiger partial charge in [0.05, 0.1) is 6.61 Å². The van der Waals surface area contributed by atoms with Gasteiger partial charge in [0.25, 0.3) is 5.91 Å². The lowest BCUT2D eigenvalue weighted by molar-refractivity contribution is -0.135. The van der Waals surface area contributed by atoms with Crippen LogP contribution in [0.1, 0.15) is 15.9 Å². The highest BCUT2D eigenvalue weighted by Gasteiger charge is 2.19. The lowest BCUT2D eigenvalue weighted by Crippen LogP contribution is -2.36. The van der Waals surface area contributed by atoms with Crippen molar-refractivity contribution in [3.8, 4) is 5.75 Å². The standard InChI is InChI=1S/C23H23NO5/c1-28-14-13-24(15-17-7-3-2-4-8-17)21(25)16-29-23(27)20-12-11-18-9-5-6-10-19(18)22(20)26/h2-12,26H,13-16H2,1H3. The number of amides is 1. The molecule has 0 aliphatic carbocycles. The van der Waals surface area contributed by atoms with Crippen LogP contribution in [-0.2, 0) is 20.8 Å². The Kier molecular flexibility index (Phi) is 6.81. The number of hydrogen-bond donors (Lipinski definition) is 1. The van der Waals surface area contributed by atoms with Crippen LogP contribution in [-0.4, -0.2) is 48.8 Å². The van der Waals surface area contributed by atoms with Crippen molar-refractivity contribution in [2.24, 2.45) is 0 Å². The molecule has 0 atom stereocenters. The lowest BCUT2D eigenvalue weighted by atomic mass is 10.1. The second-order valence-corrected chi connectivity index (χ2v) is 6.55. The fraction of sp³-hybridized carbons (Fsp3) is 0.217. The number of fused-ring (bicyclic) bond motifs is 1. The molecule has 0 radical (unpaired) electrons. The van der Waals surface area contributed by atoms with Crippen molar-refractivity contribution in [3.05, 3.63) is 77.9 Å². The second kappa shape index (κ2) is 9.71. The molecule has 0 heterocycles. The van der Waals surface area contributed by atoms with E-state index in [-0.39, 0.29) is 17.2 Å². The molecule has 0 fully saturated rings. The minimum atomic E-state index is -0.743. The monoisotopic (exact) mass is 393 g/mol. The SMILES string of the molecule is COCCN(Cc1ccccc1)C(=O)COC(=O)c1ccc2ccccc2c1O. The number of carbonyl (C=O) groups excluding carboxylic acids is 2. The first-order valence-electron chi connectivity index (χ1n) is 9.28. The summed E-state index contributed by atoms with van der Waals surface area (Å²) < 4.78 is 10.3. The number of benzene rings is 3. The number of esters is 1. The van der Waals surface area contributed by atoms with Crippen LogP contribution in [0.4, 0.5) is 0 Å². The Bertz CT molecular complexity index is 987. The molecule has 6 nitrogen and oxygen atoms in total. The number of ether oxygens (including phenoxy) is 2. The van der Waals surface area contributed by atoms with Crippen molar-refractivity contribution < 1.29 is 24.2 Å². The minimum absolute atomic E-state index is 0.0306. The van der Waals surface area contributed by atoms with Crippen molar-refractivity contribution in [1.82, 2.24) is 4.90 Å². The molecule has 1 N–H and O–H groups in total. The molecule has 0 bridgehead atoms. The molecule has 0 saturated carbocycles. The van der Waals surface area contributed by atoms with E-state index in [9.17, 15) is 14.7 Å². The Morgan fingerprint density at radius 1 is 0.966 bits per heavy atom. The quantitative estimate of drug-likeness (QED) is 0.594. The molecule has 0 unspecified atom stereocenters. The number of methoxy groups -OCH3 is 1. The van der Waals surface area contributed by atoms with Crippen LogP contribution in [0.25, 0.3) is 10.8 Å². The zero-order valence-corrected chi connectivity index (χ0v) is 16.2. The van der Waals surface area contributed by atoms with Crippen molar-refractivity contribution in [2.45, 2.75) is 6.54 Å². The Morgan fingerprint density at radius 2 is 1.69 bits per heavy atom. The third-order valence-corrected chi connectivity index (χ3v) is 4.58. The van der Waals surface area contributed by atoms with Crippen LogP contribution in [0.15, 0.2) is 66.7 Å². The minimum Gasteiger partial charge on any atom is -0.506 e. The highest BCUT2D eigenvalue weighted by Crippen LogP contribution is 2.29. The molecule has 0 aliphatic heterocycles. The van der Waals surface area contributed by atoms with E-state index in [1.807, 2.05) is 42.5 Å². The molecule has 0 aromatic heterocycles. The summed E-state index contributed by atoms with van der Waals surface area (Å²) in [5.41, 5.74) is 0.999. The zero-order chi connectivity index (χ0) is 20.6. The Hall–Kier alpha value is -3.38. The van der Waals surface area contributed by atoms with Crippen LogP contribution in [0.5, 0.6) is 5.75 Å². The number of carbonyl (C=O) groups is 2. The van der Waals surface area contributed by atoms with Gasteiger partial charge in [-0.05, 0) is 17.0 Å². The third-order valence-electron chi connectivity index (χ3n) is 4.58. The summed E-state index contributed by atoms with van der Waals surface area (Å²) in [4.78, 5) is 26.6. The number of nitrogens with zero attached hydrogens (tertiary/aromatic N) is 1. The van der Waals surface area contributed by atoms with E-state index in [0.29, 0.717) is 25.1 Å². The number of aromatic hydroxyl groups is 1. The molecule has 3 aromatic rings. The summed E-state index contributed by atoms with van der Waals surface area (Å²) in [6.07, 6.45) is 0. The predicted molar refractivity (Wildman–Crippen MR) is 110 cm³/mol. The molecule has 3 rings (SSSR count). The second-order valence-electron chi connectivity index (χ2n) is 6.55. The van der Waals surface area contributed by atoms with Gasteiger partial charge in [0.2, 0.25) is 0 Å². The van der Waals surface area contributed by atoms with Crippen LogP contribution in [0.2, 0.25) is 0 Å².